The minimum Gasteiger partial charge on any atom is -0.497 e. The molecule has 0 fully saturated rings. The molecule has 5 nitrogen and oxygen atoms in total. The Labute approximate surface area is 129 Å². The van der Waals surface area contributed by atoms with E-state index in [1.54, 1.807) is 20.2 Å². The van der Waals surface area contributed by atoms with Crippen molar-refractivity contribution in [3.05, 3.63) is 47.8 Å². The highest BCUT2D eigenvalue weighted by Gasteiger charge is 2.22. The number of alkyl halides is 1. The summed E-state index contributed by atoms with van der Waals surface area (Å²) in [7, 11) is -0.423. The number of hydrogen-bond acceptors (Lipinski definition) is 3. The molecule has 21 heavy (non-hydrogen) atoms. The zero-order chi connectivity index (χ0) is 15.5. The van der Waals surface area contributed by atoms with Crippen LogP contribution in [-0.2, 0) is 22.4 Å². The molecule has 0 aliphatic carbocycles. The number of sulfonamides is 1. The van der Waals surface area contributed by atoms with Gasteiger partial charge >= 0.3 is 0 Å². The highest BCUT2D eigenvalue weighted by Crippen LogP contribution is 2.20. The molecule has 2 aromatic rings. The molecule has 2 rings (SSSR count). The monoisotopic (exact) mass is 328 g/mol. The van der Waals surface area contributed by atoms with Crippen LogP contribution in [0.15, 0.2) is 41.4 Å². The molecule has 1 aromatic carbocycles. The van der Waals surface area contributed by atoms with Crippen LogP contribution in [0.1, 0.15) is 11.3 Å². The number of H-pyrrole nitrogens is 1. The Bertz CT molecular complexity index is 713. The van der Waals surface area contributed by atoms with Crippen LogP contribution in [0, 0.1) is 0 Å². The lowest BCUT2D eigenvalue weighted by atomic mass is 10.2. The largest absolute Gasteiger partial charge is 0.497 e. The molecule has 1 N–H and O–H groups in total. The molecule has 0 saturated heterocycles. The molecule has 0 aliphatic heterocycles. The first-order valence-corrected chi connectivity index (χ1v) is 8.27. The van der Waals surface area contributed by atoms with E-state index in [4.69, 9.17) is 16.3 Å². The number of nitrogens with one attached hydrogen (secondary N) is 1. The van der Waals surface area contributed by atoms with E-state index in [-0.39, 0.29) is 17.3 Å². The fraction of sp³-hybridized carbons (Fsp3) is 0.286. The van der Waals surface area contributed by atoms with Crippen molar-refractivity contribution in [1.82, 2.24) is 9.29 Å². The van der Waals surface area contributed by atoms with E-state index in [9.17, 15) is 8.42 Å². The molecule has 0 bridgehead atoms. The lowest BCUT2D eigenvalue weighted by Crippen LogP contribution is -2.26. The number of rotatable bonds is 6. The Kier molecular flexibility index (Phi) is 4.92. The van der Waals surface area contributed by atoms with Crippen LogP contribution in [-0.4, -0.2) is 31.9 Å². The third-order valence-corrected chi connectivity index (χ3v) is 5.18. The lowest BCUT2D eigenvalue weighted by Gasteiger charge is -2.16. The molecule has 0 radical (unpaired) electrons. The summed E-state index contributed by atoms with van der Waals surface area (Å²) in [5.41, 5.74) is 1.53. The minimum absolute atomic E-state index is 0.212. The minimum atomic E-state index is -3.54. The van der Waals surface area contributed by atoms with Gasteiger partial charge in [0, 0.05) is 25.5 Å². The molecule has 114 valence electrons. The molecular weight excluding hydrogens is 312 g/mol. The van der Waals surface area contributed by atoms with Crippen molar-refractivity contribution in [2.24, 2.45) is 0 Å². The summed E-state index contributed by atoms with van der Waals surface area (Å²) in [6.45, 7) is 0.265. The second kappa shape index (κ2) is 6.51. The molecule has 0 aliphatic rings. The van der Waals surface area contributed by atoms with Crippen molar-refractivity contribution in [2.75, 3.05) is 14.2 Å². The number of methoxy groups -OCH3 is 1. The summed E-state index contributed by atoms with van der Waals surface area (Å²) in [6.07, 6.45) is 1.45. The standard InChI is InChI=1S/C14H17ClN2O3S/c1-17(10-11-4-3-5-13(6-11)20-2)21(18,19)14-7-12(8-15)16-9-14/h3-7,9,16H,8,10H2,1-2H3. The highest BCUT2D eigenvalue weighted by atomic mass is 35.5. The van der Waals surface area contributed by atoms with Gasteiger partial charge in [-0.1, -0.05) is 12.1 Å². The molecule has 0 spiro atoms. The van der Waals surface area contributed by atoms with Crippen molar-refractivity contribution in [1.29, 1.82) is 0 Å². The zero-order valence-electron chi connectivity index (χ0n) is 11.8. The molecule has 1 heterocycles. The number of halogens is 1. The maximum atomic E-state index is 12.5. The first kappa shape index (κ1) is 15.9. The van der Waals surface area contributed by atoms with E-state index in [2.05, 4.69) is 4.98 Å². The van der Waals surface area contributed by atoms with Crippen LogP contribution in [0.25, 0.3) is 0 Å². The van der Waals surface area contributed by atoms with Crippen LogP contribution in [0.5, 0.6) is 5.75 Å². The van der Waals surface area contributed by atoms with Gasteiger partial charge in [0.25, 0.3) is 0 Å². The number of ether oxygens (including phenoxy) is 1. The van der Waals surface area contributed by atoms with Gasteiger partial charge in [-0.25, -0.2) is 8.42 Å². The Morgan fingerprint density at radius 3 is 2.71 bits per heavy atom. The first-order valence-electron chi connectivity index (χ1n) is 6.30. The molecular formula is C14H17ClN2O3S. The summed E-state index contributed by atoms with van der Waals surface area (Å²) in [5, 5.41) is 0. The smallest absolute Gasteiger partial charge is 0.244 e. The molecule has 1 aromatic heterocycles. The number of aromatic nitrogens is 1. The fourth-order valence-electron chi connectivity index (χ4n) is 1.94. The van der Waals surface area contributed by atoms with E-state index in [0.717, 1.165) is 5.56 Å². The van der Waals surface area contributed by atoms with E-state index < -0.39 is 10.0 Å². The van der Waals surface area contributed by atoms with Gasteiger partial charge in [-0.3, -0.25) is 0 Å². The number of hydrogen-bond donors (Lipinski definition) is 1. The van der Waals surface area contributed by atoms with Crippen LogP contribution in [0.2, 0.25) is 0 Å². The maximum absolute atomic E-state index is 12.5. The summed E-state index contributed by atoms with van der Waals surface area (Å²) < 4.78 is 31.3. The summed E-state index contributed by atoms with van der Waals surface area (Å²) >= 11 is 5.68. The molecule has 0 atom stereocenters. The van der Waals surface area contributed by atoms with Crippen LogP contribution >= 0.6 is 11.6 Å². The van der Waals surface area contributed by atoms with Gasteiger partial charge in [-0.2, -0.15) is 4.31 Å². The predicted molar refractivity (Wildman–Crippen MR) is 82.0 cm³/mol. The first-order chi connectivity index (χ1) is 9.97. The molecule has 0 unspecified atom stereocenters. The zero-order valence-corrected chi connectivity index (χ0v) is 13.4. The van der Waals surface area contributed by atoms with E-state index >= 15 is 0 Å². The van der Waals surface area contributed by atoms with Crippen LogP contribution in [0.3, 0.4) is 0 Å². The van der Waals surface area contributed by atoms with Crippen molar-refractivity contribution in [2.45, 2.75) is 17.3 Å². The second-order valence-corrected chi connectivity index (χ2v) is 6.92. The van der Waals surface area contributed by atoms with Crippen molar-refractivity contribution >= 4 is 21.6 Å². The van der Waals surface area contributed by atoms with Crippen LogP contribution in [0.4, 0.5) is 0 Å². The Morgan fingerprint density at radius 2 is 2.10 bits per heavy atom. The lowest BCUT2D eigenvalue weighted by molar-refractivity contribution is 0.412. The van der Waals surface area contributed by atoms with Crippen molar-refractivity contribution in [3.8, 4) is 5.75 Å². The summed E-state index contributed by atoms with van der Waals surface area (Å²) in [5.74, 6) is 0.944. The predicted octanol–water partition coefficient (Wildman–Crippen LogP) is 2.58. The van der Waals surface area contributed by atoms with Gasteiger partial charge in [-0.15, -0.1) is 11.6 Å². The van der Waals surface area contributed by atoms with E-state index in [1.807, 2.05) is 24.3 Å². The van der Waals surface area contributed by atoms with Gasteiger partial charge in [-0.05, 0) is 23.8 Å². The van der Waals surface area contributed by atoms with Crippen molar-refractivity contribution in [3.63, 3.8) is 0 Å². The van der Waals surface area contributed by atoms with Gasteiger partial charge in [0.1, 0.15) is 5.75 Å². The summed E-state index contributed by atoms with van der Waals surface area (Å²) in [6, 6.07) is 8.86. The van der Waals surface area contributed by atoms with Gasteiger partial charge in [0.05, 0.1) is 17.9 Å². The fourth-order valence-corrected chi connectivity index (χ4v) is 3.27. The third kappa shape index (κ3) is 3.58. The molecule has 7 heteroatoms. The van der Waals surface area contributed by atoms with Crippen LogP contribution < -0.4 is 4.74 Å². The number of aromatic amines is 1. The van der Waals surface area contributed by atoms with Gasteiger partial charge in [0.15, 0.2) is 0 Å². The Balaban J connectivity index is 2.19. The quantitative estimate of drug-likeness (QED) is 0.829. The molecule has 0 amide bonds. The van der Waals surface area contributed by atoms with E-state index in [0.29, 0.717) is 11.4 Å². The third-order valence-electron chi connectivity index (χ3n) is 3.11. The average Bonchev–Trinajstić information content (AvgIpc) is 2.97. The second-order valence-electron chi connectivity index (χ2n) is 4.61. The SMILES string of the molecule is COc1cccc(CN(C)S(=O)(=O)c2c[nH]c(CCl)c2)c1. The highest BCUT2D eigenvalue weighted by molar-refractivity contribution is 7.89. The van der Waals surface area contributed by atoms with Crippen molar-refractivity contribution < 1.29 is 13.2 Å². The topological polar surface area (TPSA) is 62.4 Å². The Morgan fingerprint density at radius 1 is 1.33 bits per heavy atom. The summed E-state index contributed by atoms with van der Waals surface area (Å²) in [4.78, 5) is 3.05. The molecule has 0 saturated carbocycles. The average molecular weight is 329 g/mol. The normalized spacial score (nSPS) is 11.8. The van der Waals surface area contributed by atoms with Gasteiger partial charge < -0.3 is 9.72 Å². The number of benzene rings is 1. The maximum Gasteiger partial charge on any atom is 0.244 e. The van der Waals surface area contributed by atoms with E-state index in [1.165, 1.54) is 10.5 Å². The van der Waals surface area contributed by atoms with Gasteiger partial charge in [0.2, 0.25) is 10.0 Å². The number of nitrogens with zero attached hydrogens (tertiary/aromatic N) is 1. The Hall–Kier alpha value is -1.50.